The molecule has 1 N–H and O–H groups in total. The van der Waals surface area contributed by atoms with Crippen LogP contribution in [0.1, 0.15) is 30.6 Å². The number of carbonyl (C=O) groups is 1. The van der Waals surface area contributed by atoms with Crippen molar-refractivity contribution in [2.24, 2.45) is 5.92 Å². The van der Waals surface area contributed by atoms with Gasteiger partial charge in [0.2, 0.25) is 0 Å². The van der Waals surface area contributed by atoms with Crippen molar-refractivity contribution in [1.29, 1.82) is 0 Å². The average Bonchev–Trinajstić information content (AvgIpc) is 2.32. The predicted molar refractivity (Wildman–Crippen MR) is 91.1 cm³/mol. The molecule has 1 aromatic rings. The number of hydrogen-bond donors (Lipinski definition) is 1. The second-order valence-corrected chi connectivity index (χ2v) is 7.45. The molecule has 3 nitrogen and oxygen atoms in total. The predicted octanol–water partition coefficient (Wildman–Crippen LogP) is 3.92. The van der Waals surface area contributed by atoms with Crippen molar-refractivity contribution in [3.05, 3.63) is 32.7 Å². The number of nitrogens with zero attached hydrogens (tertiary/aromatic N) is 1. The van der Waals surface area contributed by atoms with Gasteiger partial charge in [-0.25, -0.2) is 0 Å². The van der Waals surface area contributed by atoms with Gasteiger partial charge in [-0.15, -0.1) is 0 Å². The molecule has 0 fully saturated rings. The summed E-state index contributed by atoms with van der Waals surface area (Å²) in [5, 5.41) is 3.02. The summed E-state index contributed by atoms with van der Waals surface area (Å²) in [5.41, 5.74) is 0.660. The van der Waals surface area contributed by atoms with E-state index >= 15 is 0 Å². The van der Waals surface area contributed by atoms with Crippen molar-refractivity contribution in [1.82, 2.24) is 10.2 Å². The van der Waals surface area contributed by atoms with Crippen molar-refractivity contribution >= 4 is 37.8 Å². The molecule has 0 aliphatic carbocycles. The van der Waals surface area contributed by atoms with Crippen molar-refractivity contribution in [2.45, 2.75) is 26.3 Å². The van der Waals surface area contributed by atoms with Crippen LogP contribution < -0.4 is 5.32 Å². The second kappa shape index (κ2) is 8.15. The summed E-state index contributed by atoms with van der Waals surface area (Å²) in [7, 11) is 4.10. The molecule has 0 radical (unpaired) electrons. The number of halogens is 2. The SMILES string of the molecule is CC(C)CC(CNC(=O)c1cc(Br)cc(Br)c1)N(C)C. The van der Waals surface area contributed by atoms with Crippen LogP contribution in [0.25, 0.3) is 0 Å². The first-order chi connectivity index (χ1) is 9.29. The van der Waals surface area contributed by atoms with E-state index in [0.29, 0.717) is 24.1 Å². The highest BCUT2D eigenvalue weighted by molar-refractivity contribution is 9.11. The van der Waals surface area contributed by atoms with Crippen molar-refractivity contribution in [3.8, 4) is 0 Å². The summed E-state index contributed by atoms with van der Waals surface area (Å²) in [6.45, 7) is 5.06. The minimum Gasteiger partial charge on any atom is -0.350 e. The van der Waals surface area contributed by atoms with E-state index in [1.807, 2.05) is 18.2 Å². The van der Waals surface area contributed by atoms with Crippen molar-refractivity contribution in [3.63, 3.8) is 0 Å². The quantitative estimate of drug-likeness (QED) is 0.777. The largest absolute Gasteiger partial charge is 0.350 e. The smallest absolute Gasteiger partial charge is 0.251 e. The molecule has 1 atom stereocenters. The first-order valence-electron chi connectivity index (χ1n) is 6.70. The topological polar surface area (TPSA) is 32.3 Å². The van der Waals surface area contributed by atoms with E-state index in [9.17, 15) is 4.79 Å². The Balaban J connectivity index is 2.65. The van der Waals surface area contributed by atoms with Crippen LogP contribution in [0.5, 0.6) is 0 Å². The van der Waals surface area contributed by atoms with Crippen LogP contribution in [-0.2, 0) is 0 Å². The first-order valence-corrected chi connectivity index (χ1v) is 8.29. The Morgan fingerprint density at radius 3 is 2.20 bits per heavy atom. The Hall–Kier alpha value is -0.390. The summed E-state index contributed by atoms with van der Waals surface area (Å²) >= 11 is 6.80. The second-order valence-electron chi connectivity index (χ2n) is 5.62. The molecular formula is C15H22Br2N2O. The molecule has 1 unspecified atom stereocenters. The van der Waals surface area contributed by atoms with Crippen LogP contribution in [0.3, 0.4) is 0 Å². The molecule has 1 aromatic carbocycles. The Morgan fingerprint density at radius 2 is 1.75 bits per heavy atom. The van der Waals surface area contributed by atoms with Crippen LogP contribution in [-0.4, -0.2) is 37.5 Å². The Morgan fingerprint density at radius 1 is 1.20 bits per heavy atom. The molecule has 0 saturated heterocycles. The third-order valence-corrected chi connectivity index (χ3v) is 4.01. The number of rotatable bonds is 6. The van der Waals surface area contributed by atoms with Gasteiger partial charge in [-0.05, 0) is 44.6 Å². The molecule has 0 spiro atoms. The van der Waals surface area contributed by atoms with Gasteiger partial charge in [0.1, 0.15) is 0 Å². The molecule has 0 aliphatic heterocycles. The number of nitrogens with one attached hydrogen (secondary N) is 1. The van der Waals surface area contributed by atoms with Gasteiger partial charge in [0.15, 0.2) is 0 Å². The van der Waals surface area contributed by atoms with E-state index in [1.54, 1.807) is 0 Å². The van der Waals surface area contributed by atoms with Crippen molar-refractivity contribution < 1.29 is 4.79 Å². The van der Waals surface area contributed by atoms with E-state index in [2.05, 4.69) is 70.0 Å². The fourth-order valence-corrected chi connectivity index (χ4v) is 3.31. The first kappa shape index (κ1) is 17.7. The third-order valence-electron chi connectivity index (χ3n) is 3.10. The Kier molecular flexibility index (Phi) is 7.20. The standard InChI is InChI=1S/C15H22Br2N2O/c1-10(2)5-14(19(3)4)9-18-15(20)11-6-12(16)8-13(17)7-11/h6-8,10,14H,5,9H2,1-4H3,(H,18,20). The lowest BCUT2D eigenvalue weighted by Crippen LogP contribution is -2.41. The minimum atomic E-state index is -0.0393. The van der Waals surface area contributed by atoms with Crippen LogP contribution in [0.4, 0.5) is 0 Å². The zero-order valence-electron chi connectivity index (χ0n) is 12.4. The lowest BCUT2D eigenvalue weighted by Gasteiger charge is -2.26. The van der Waals surface area contributed by atoms with Gasteiger partial charge in [0.25, 0.3) is 5.91 Å². The van der Waals surface area contributed by atoms with Gasteiger partial charge >= 0.3 is 0 Å². The van der Waals surface area contributed by atoms with E-state index in [1.165, 1.54) is 0 Å². The van der Waals surface area contributed by atoms with Crippen LogP contribution in [0, 0.1) is 5.92 Å². The molecule has 5 heteroatoms. The van der Waals surface area contributed by atoms with Crippen LogP contribution in [0.2, 0.25) is 0 Å². The fourth-order valence-electron chi connectivity index (χ4n) is 2.02. The number of amides is 1. The molecule has 1 rings (SSSR count). The molecule has 0 bridgehead atoms. The summed E-state index contributed by atoms with van der Waals surface area (Å²) in [6, 6.07) is 5.92. The number of carbonyl (C=O) groups excluding carboxylic acids is 1. The number of hydrogen-bond acceptors (Lipinski definition) is 2. The highest BCUT2D eigenvalue weighted by atomic mass is 79.9. The van der Waals surface area contributed by atoms with E-state index in [0.717, 1.165) is 15.4 Å². The summed E-state index contributed by atoms with van der Waals surface area (Å²) in [5.74, 6) is 0.571. The summed E-state index contributed by atoms with van der Waals surface area (Å²) in [6.07, 6.45) is 1.06. The summed E-state index contributed by atoms with van der Waals surface area (Å²) in [4.78, 5) is 14.4. The van der Waals surface area contributed by atoms with Gasteiger partial charge in [-0.1, -0.05) is 45.7 Å². The molecule has 0 heterocycles. The van der Waals surface area contributed by atoms with E-state index in [4.69, 9.17) is 0 Å². The number of likely N-dealkylation sites (N-methyl/N-ethyl adjacent to an activating group) is 1. The molecule has 112 valence electrons. The fraction of sp³-hybridized carbons (Fsp3) is 0.533. The maximum atomic E-state index is 12.2. The molecule has 0 saturated carbocycles. The monoisotopic (exact) mass is 404 g/mol. The molecule has 1 amide bonds. The van der Waals surface area contributed by atoms with Crippen LogP contribution in [0.15, 0.2) is 27.1 Å². The molecular weight excluding hydrogens is 384 g/mol. The normalized spacial score (nSPS) is 12.8. The highest BCUT2D eigenvalue weighted by Crippen LogP contribution is 2.20. The minimum absolute atomic E-state index is 0.0393. The average molecular weight is 406 g/mol. The molecule has 0 aliphatic rings. The van der Waals surface area contributed by atoms with E-state index < -0.39 is 0 Å². The van der Waals surface area contributed by atoms with Gasteiger partial charge in [-0.3, -0.25) is 4.79 Å². The molecule has 0 aromatic heterocycles. The van der Waals surface area contributed by atoms with Gasteiger partial charge in [0.05, 0.1) is 0 Å². The highest BCUT2D eigenvalue weighted by Gasteiger charge is 2.15. The zero-order valence-corrected chi connectivity index (χ0v) is 15.6. The lowest BCUT2D eigenvalue weighted by molar-refractivity contribution is 0.0938. The van der Waals surface area contributed by atoms with Gasteiger partial charge in [-0.2, -0.15) is 0 Å². The maximum absolute atomic E-state index is 12.2. The Labute approximate surface area is 138 Å². The van der Waals surface area contributed by atoms with Gasteiger partial charge < -0.3 is 10.2 Å². The van der Waals surface area contributed by atoms with E-state index in [-0.39, 0.29) is 5.91 Å². The third kappa shape index (κ3) is 5.94. The zero-order chi connectivity index (χ0) is 15.3. The molecule has 20 heavy (non-hydrogen) atoms. The summed E-state index contributed by atoms with van der Waals surface area (Å²) < 4.78 is 1.78. The number of benzene rings is 1. The van der Waals surface area contributed by atoms with Crippen molar-refractivity contribution in [2.75, 3.05) is 20.6 Å². The maximum Gasteiger partial charge on any atom is 0.251 e. The lowest BCUT2D eigenvalue weighted by atomic mass is 10.0. The van der Waals surface area contributed by atoms with Gasteiger partial charge in [0, 0.05) is 27.1 Å². The van der Waals surface area contributed by atoms with Crippen LogP contribution >= 0.6 is 31.9 Å². The Bertz CT molecular complexity index is 441.